The van der Waals surface area contributed by atoms with Gasteiger partial charge in [0.15, 0.2) is 0 Å². The van der Waals surface area contributed by atoms with Crippen molar-refractivity contribution >= 4 is 39.8 Å². The van der Waals surface area contributed by atoms with Gasteiger partial charge in [0.2, 0.25) is 11.9 Å². The Morgan fingerprint density at radius 1 is 1.07 bits per heavy atom. The predicted octanol–water partition coefficient (Wildman–Crippen LogP) is 6.37. The fraction of sp³-hybridized carbons (Fsp3) is 0.257. The van der Waals surface area contributed by atoms with Crippen molar-refractivity contribution in [2.24, 2.45) is 0 Å². The maximum atomic E-state index is 12.4. The van der Waals surface area contributed by atoms with Gasteiger partial charge in [0.05, 0.1) is 29.9 Å². The molecule has 0 saturated heterocycles. The van der Waals surface area contributed by atoms with Crippen molar-refractivity contribution in [3.05, 3.63) is 86.0 Å². The molecule has 0 atom stereocenters. The van der Waals surface area contributed by atoms with E-state index in [1.54, 1.807) is 13.3 Å². The number of pyridine rings is 1. The van der Waals surface area contributed by atoms with E-state index in [2.05, 4.69) is 67.0 Å². The number of likely N-dealkylation sites (N-methyl/N-ethyl adjacent to an activating group) is 2. The first kappa shape index (κ1) is 29.8. The normalized spacial score (nSPS) is 12.7. The maximum absolute atomic E-state index is 12.4. The molecule has 0 radical (unpaired) electrons. The van der Waals surface area contributed by atoms with E-state index in [1.807, 2.05) is 57.8 Å². The molecule has 3 aromatic heterocycles. The number of rotatable bonds is 12. The van der Waals surface area contributed by atoms with Gasteiger partial charge in [-0.05, 0) is 51.2 Å². The van der Waals surface area contributed by atoms with Gasteiger partial charge in [-0.15, -0.1) is 0 Å². The molecule has 1 amide bonds. The minimum atomic E-state index is -0.306. The van der Waals surface area contributed by atoms with Gasteiger partial charge in [-0.2, -0.15) is 0 Å². The molecule has 0 unspecified atom stereocenters. The lowest BCUT2D eigenvalue weighted by Crippen LogP contribution is -2.29. The van der Waals surface area contributed by atoms with Crippen molar-refractivity contribution in [3.8, 4) is 28.1 Å². The number of anilines is 4. The highest BCUT2D eigenvalue weighted by Crippen LogP contribution is 2.43. The van der Waals surface area contributed by atoms with E-state index in [0.717, 1.165) is 46.5 Å². The number of para-hydroxylation sites is 1. The van der Waals surface area contributed by atoms with Crippen molar-refractivity contribution in [1.82, 2.24) is 24.4 Å². The molecule has 0 spiro atoms. The summed E-state index contributed by atoms with van der Waals surface area (Å²) in [4.78, 5) is 30.8. The molecular formula is C35H38N8O2. The van der Waals surface area contributed by atoms with Crippen LogP contribution in [0, 0.1) is 0 Å². The number of nitrogens with zero attached hydrogens (tertiary/aromatic N) is 6. The molecule has 0 aliphatic heterocycles. The second kappa shape index (κ2) is 12.8. The van der Waals surface area contributed by atoms with Gasteiger partial charge >= 0.3 is 0 Å². The van der Waals surface area contributed by atoms with Gasteiger partial charge in [-0.1, -0.05) is 30.8 Å². The fourth-order valence-electron chi connectivity index (χ4n) is 5.46. The molecule has 2 N–H and O–H groups in total. The van der Waals surface area contributed by atoms with E-state index in [-0.39, 0.29) is 5.91 Å². The van der Waals surface area contributed by atoms with Crippen LogP contribution in [0.25, 0.3) is 33.3 Å². The van der Waals surface area contributed by atoms with E-state index in [0.29, 0.717) is 29.1 Å². The Labute approximate surface area is 263 Å². The zero-order chi connectivity index (χ0) is 31.5. The highest BCUT2D eigenvalue weighted by atomic mass is 16.5. The average Bonchev–Trinajstić information content (AvgIpc) is 3.83. The number of benzene rings is 2. The SMILES string of the molecule is C=CC(=O)Nc1cc(Nc2ncc(-c3cccnc3)c(-c3cn(C4CC4)c4ccccc34)n2)c(OC)cc1N(C)CCN(C)C. The Hall–Kier alpha value is -5.22. The van der Waals surface area contributed by atoms with Crippen molar-refractivity contribution in [2.45, 2.75) is 18.9 Å². The molecule has 3 heterocycles. The van der Waals surface area contributed by atoms with Crippen LogP contribution in [0.3, 0.4) is 0 Å². The van der Waals surface area contributed by atoms with E-state index < -0.39 is 0 Å². The molecule has 1 aliphatic carbocycles. The number of fused-ring (bicyclic) bond motifs is 1. The van der Waals surface area contributed by atoms with E-state index in [9.17, 15) is 4.79 Å². The minimum absolute atomic E-state index is 0.306. The number of hydrogen-bond donors (Lipinski definition) is 2. The standard InChI is InChI=1S/C35H38N8O2/c1-6-33(44)38-28-18-29(32(45-5)19-31(28)42(4)17-16-41(2)3)39-35-37-21-26(23-10-9-15-36-20-23)34(40-35)27-22-43(24-13-14-24)30-12-8-7-11-25(27)30/h6-12,15,18-22,24H,1,13-14,16-17H2,2-5H3,(H,38,44)(H,37,39,40). The van der Waals surface area contributed by atoms with Crippen LogP contribution in [0.15, 0.2) is 86.0 Å². The third-order valence-corrected chi connectivity index (χ3v) is 8.00. The topological polar surface area (TPSA) is 100 Å². The zero-order valence-corrected chi connectivity index (χ0v) is 26.1. The Balaban J connectivity index is 1.45. The summed E-state index contributed by atoms with van der Waals surface area (Å²) in [5.74, 6) is 0.679. The molecule has 10 nitrogen and oxygen atoms in total. The van der Waals surface area contributed by atoms with Crippen LogP contribution in [0.1, 0.15) is 18.9 Å². The number of amides is 1. The Bertz CT molecular complexity index is 1850. The van der Waals surface area contributed by atoms with Crippen molar-refractivity contribution < 1.29 is 9.53 Å². The zero-order valence-electron chi connectivity index (χ0n) is 26.1. The predicted molar refractivity (Wildman–Crippen MR) is 181 cm³/mol. The average molecular weight is 603 g/mol. The summed E-state index contributed by atoms with van der Waals surface area (Å²) in [5.41, 5.74) is 6.89. The van der Waals surface area contributed by atoms with E-state index in [1.165, 1.54) is 24.4 Å². The second-order valence-electron chi connectivity index (χ2n) is 11.5. The molecule has 230 valence electrons. The number of ether oxygens (including phenoxy) is 1. The van der Waals surface area contributed by atoms with Crippen LogP contribution in [-0.4, -0.2) is 71.7 Å². The summed E-state index contributed by atoms with van der Waals surface area (Å²) < 4.78 is 8.19. The molecule has 5 aromatic rings. The molecule has 1 saturated carbocycles. The molecule has 0 bridgehead atoms. The number of carbonyl (C=O) groups is 1. The van der Waals surface area contributed by atoms with Gasteiger partial charge in [0.25, 0.3) is 0 Å². The molecule has 1 aliphatic rings. The van der Waals surface area contributed by atoms with Gasteiger partial charge < -0.3 is 29.7 Å². The monoisotopic (exact) mass is 602 g/mol. The van der Waals surface area contributed by atoms with Gasteiger partial charge in [0, 0.05) is 84.6 Å². The van der Waals surface area contributed by atoms with Crippen LogP contribution in [0.2, 0.25) is 0 Å². The van der Waals surface area contributed by atoms with Gasteiger partial charge in [-0.25, -0.2) is 9.97 Å². The number of carbonyl (C=O) groups excluding carboxylic acids is 1. The molecule has 10 heteroatoms. The maximum Gasteiger partial charge on any atom is 0.247 e. The van der Waals surface area contributed by atoms with E-state index >= 15 is 0 Å². The Morgan fingerprint density at radius 2 is 1.89 bits per heavy atom. The lowest BCUT2D eigenvalue weighted by atomic mass is 10.0. The lowest BCUT2D eigenvalue weighted by Gasteiger charge is -2.26. The number of methoxy groups -OCH3 is 1. The third-order valence-electron chi connectivity index (χ3n) is 8.00. The first-order valence-corrected chi connectivity index (χ1v) is 15.0. The quantitative estimate of drug-likeness (QED) is 0.159. The number of nitrogens with one attached hydrogen (secondary N) is 2. The summed E-state index contributed by atoms with van der Waals surface area (Å²) in [6, 6.07) is 16.7. The van der Waals surface area contributed by atoms with Gasteiger partial charge in [-0.3, -0.25) is 9.78 Å². The lowest BCUT2D eigenvalue weighted by molar-refractivity contribution is -0.111. The summed E-state index contributed by atoms with van der Waals surface area (Å²) in [7, 11) is 7.66. The smallest absolute Gasteiger partial charge is 0.247 e. The number of aromatic nitrogens is 4. The minimum Gasteiger partial charge on any atom is -0.494 e. The van der Waals surface area contributed by atoms with Crippen LogP contribution >= 0.6 is 0 Å². The second-order valence-corrected chi connectivity index (χ2v) is 11.5. The number of hydrogen-bond acceptors (Lipinski definition) is 8. The summed E-state index contributed by atoms with van der Waals surface area (Å²) in [5, 5.41) is 7.47. The van der Waals surface area contributed by atoms with Crippen molar-refractivity contribution in [1.29, 1.82) is 0 Å². The molecule has 6 rings (SSSR count). The van der Waals surface area contributed by atoms with E-state index in [4.69, 9.17) is 14.7 Å². The van der Waals surface area contributed by atoms with Crippen LogP contribution in [0.5, 0.6) is 5.75 Å². The van der Waals surface area contributed by atoms with Crippen LogP contribution < -0.4 is 20.3 Å². The largest absolute Gasteiger partial charge is 0.494 e. The molecular weight excluding hydrogens is 564 g/mol. The summed E-state index contributed by atoms with van der Waals surface area (Å²) in [6.07, 6.45) is 11.3. The summed E-state index contributed by atoms with van der Waals surface area (Å²) >= 11 is 0. The van der Waals surface area contributed by atoms with Crippen molar-refractivity contribution in [2.75, 3.05) is 56.9 Å². The Morgan fingerprint density at radius 3 is 2.60 bits per heavy atom. The van der Waals surface area contributed by atoms with Gasteiger partial charge in [0.1, 0.15) is 5.75 Å². The first-order chi connectivity index (χ1) is 21.9. The van der Waals surface area contributed by atoms with Crippen LogP contribution in [-0.2, 0) is 4.79 Å². The van der Waals surface area contributed by atoms with Crippen molar-refractivity contribution in [3.63, 3.8) is 0 Å². The highest BCUT2D eigenvalue weighted by Gasteiger charge is 2.27. The first-order valence-electron chi connectivity index (χ1n) is 15.0. The Kier molecular flexibility index (Phi) is 8.48. The molecule has 45 heavy (non-hydrogen) atoms. The van der Waals surface area contributed by atoms with Crippen LogP contribution in [0.4, 0.5) is 23.0 Å². The molecule has 2 aromatic carbocycles. The molecule has 1 fully saturated rings. The highest BCUT2D eigenvalue weighted by molar-refractivity contribution is 6.02. The summed E-state index contributed by atoms with van der Waals surface area (Å²) in [6.45, 7) is 5.21. The third kappa shape index (κ3) is 6.37. The fourth-order valence-corrected chi connectivity index (χ4v) is 5.46.